The Balaban J connectivity index is 0.000000397. The van der Waals surface area contributed by atoms with Crippen molar-refractivity contribution in [3.05, 3.63) is 87.8 Å². The summed E-state index contributed by atoms with van der Waals surface area (Å²) in [6.07, 6.45) is 19.8. The van der Waals surface area contributed by atoms with Crippen LogP contribution in [0.15, 0.2) is 74.9 Å². The quantitative estimate of drug-likeness (QED) is 0.418. The summed E-state index contributed by atoms with van der Waals surface area (Å²) in [5, 5.41) is 0. The molecule has 0 unspecified atom stereocenters. The van der Waals surface area contributed by atoms with Gasteiger partial charge < -0.3 is 13.7 Å². The third kappa shape index (κ3) is 4.24. The molecule has 1 radical (unpaired) electrons. The molecule has 0 saturated carbocycles. The van der Waals surface area contributed by atoms with E-state index in [9.17, 15) is 0 Å². The van der Waals surface area contributed by atoms with Crippen LogP contribution < -0.4 is 0 Å². The molecule has 0 N–H and O–H groups in total. The average Bonchev–Trinajstić information content (AvgIpc) is 3.23. The zero-order chi connectivity index (χ0) is 14.2. The van der Waals surface area contributed by atoms with E-state index in [1.165, 1.54) is 12.2 Å². The van der Waals surface area contributed by atoms with E-state index < -0.39 is 0 Å². The Labute approximate surface area is 134 Å². The van der Waals surface area contributed by atoms with E-state index in [2.05, 4.69) is 21.5 Å². The Morgan fingerprint density at radius 3 is 1.38 bits per heavy atom. The van der Waals surface area contributed by atoms with Crippen LogP contribution in [0.4, 0.5) is 0 Å². The third-order valence-electron chi connectivity index (χ3n) is 2.34. The molecule has 107 valence electrons. The van der Waals surface area contributed by atoms with E-state index in [-0.39, 0.29) is 17.1 Å². The summed E-state index contributed by atoms with van der Waals surface area (Å²) in [5.74, 6) is 0. The maximum absolute atomic E-state index is 4.78. The predicted octanol–water partition coefficient (Wildman–Crippen LogP) is 1.83. The van der Waals surface area contributed by atoms with Crippen LogP contribution >= 0.6 is 0 Å². The molecule has 6 nitrogen and oxygen atoms in total. The Hall–Kier alpha value is -2.50. The summed E-state index contributed by atoms with van der Waals surface area (Å²) >= 11 is 0. The van der Waals surface area contributed by atoms with E-state index >= 15 is 0 Å². The molecule has 0 fully saturated rings. The van der Waals surface area contributed by atoms with Crippen LogP contribution in [0.25, 0.3) is 0 Å². The third-order valence-corrected chi connectivity index (χ3v) is 2.34. The van der Waals surface area contributed by atoms with Gasteiger partial charge in [-0.15, -0.1) is 0 Å². The number of rotatable bonds is 4. The van der Waals surface area contributed by atoms with E-state index in [0.29, 0.717) is 0 Å². The molecule has 3 aromatic rings. The first kappa shape index (κ1) is 16.6. The molecule has 0 spiro atoms. The van der Waals surface area contributed by atoms with Crippen molar-refractivity contribution < 1.29 is 17.1 Å². The first-order valence-electron chi connectivity index (χ1n) is 5.84. The van der Waals surface area contributed by atoms with Crippen molar-refractivity contribution in [3.8, 4) is 0 Å². The van der Waals surface area contributed by atoms with Gasteiger partial charge in [0.15, 0.2) is 0 Å². The van der Waals surface area contributed by atoms with Gasteiger partial charge in [-0.05, 0) is 18.6 Å². The second kappa shape index (κ2) is 8.63. The number of allylic oxidation sites excluding steroid dienone is 2. The van der Waals surface area contributed by atoms with Gasteiger partial charge in [0, 0.05) is 18.6 Å². The zero-order valence-corrected chi connectivity index (χ0v) is 12.4. The molecular weight excluding hydrogens is 307 g/mol. The van der Waals surface area contributed by atoms with Crippen molar-refractivity contribution in [1.29, 1.82) is 0 Å². The predicted molar refractivity (Wildman–Crippen MR) is 75.2 cm³/mol. The molecule has 7 heteroatoms. The SMILES string of the molecule is [CH-]=CC=C.[Mn+2].c1cn([C-](n2ccnc2)n2ccnc2)cn1. The Morgan fingerprint density at radius 1 is 0.857 bits per heavy atom. The summed E-state index contributed by atoms with van der Waals surface area (Å²) in [6, 6.07) is 0. The van der Waals surface area contributed by atoms with Gasteiger partial charge in [0.05, 0.1) is 19.0 Å². The number of hydrogen-bond donors (Lipinski definition) is 0. The van der Waals surface area contributed by atoms with Crippen LogP contribution in [0.2, 0.25) is 0 Å². The molecule has 0 bridgehead atoms. The molecule has 0 atom stereocenters. The summed E-state index contributed by atoms with van der Waals surface area (Å²) in [4.78, 5) is 12.1. The van der Waals surface area contributed by atoms with Crippen LogP contribution in [0.5, 0.6) is 0 Å². The molecule has 0 aliphatic heterocycles. The van der Waals surface area contributed by atoms with Gasteiger partial charge in [-0.1, -0.05) is 0 Å². The Kier molecular flexibility index (Phi) is 6.80. The van der Waals surface area contributed by atoms with E-state index in [1.807, 2.05) is 32.3 Å². The first-order valence-corrected chi connectivity index (χ1v) is 5.84. The van der Waals surface area contributed by atoms with Crippen LogP contribution in [0.3, 0.4) is 0 Å². The summed E-state index contributed by atoms with van der Waals surface area (Å²) in [7, 11) is 0. The largest absolute Gasteiger partial charge is 2.00 e. The second-order valence-electron chi connectivity index (χ2n) is 3.64. The smallest absolute Gasteiger partial charge is 0.347 e. The molecule has 21 heavy (non-hydrogen) atoms. The fourth-order valence-electron chi connectivity index (χ4n) is 1.53. The normalized spacial score (nSPS) is 8.95. The van der Waals surface area contributed by atoms with Gasteiger partial charge in [0.2, 0.25) is 0 Å². The summed E-state index contributed by atoms with van der Waals surface area (Å²) in [5.41, 5.74) is 0. The van der Waals surface area contributed by atoms with Crippen molar-refractivity contribution in [3.63, 3.8) is 0 Å². The van der Waals surface area contributed by atoms with Crippen LogP contribution in [-0.2, 0) is 17.1 Å². The van der Waals surface area contributed by atoms with Crippen LogP contribution in [0.1, 0.15) is 0 Å². The van der Waals surface area contributed by atoms with Gasteiger partial charge in [-0.3, -0.25) is 21.5 Å². The van der Waals surface area contributed by atoms with Gasteiger partial charge in [0.25, 0.3) is 0 Å². The number of hydrogen-bond acceptors (Lipinski definition) is 3. The minimum absolute atomic E-state index is 0. The van der Waals surface area contributed by atoms with Gasteiger partial charge >= 0.3 is 17.1 Å². The zero-order valence-electron chi connectivity index (χ0n) is 11.2. The topological polar surface area (TPSA) is 53.5 Å². The minimum Gasteiger partial charge on any atom is -0.347 e. The molecule has 3 rings (SSSR count). The molecule has 0 saturated heterocycles. The number of aromatic nitrogens is 6. The number of imidazole rings is 3. The monoisotopic (exact) mass is 321 g/mol. The van der Waals surface area contributed by atoms with Gasteiger partial charge in [-0.2, -0.15) is 6.58 Å². The van der Waals surface area contributed by atoms with E-state index in [4.69, 9.17) is 6.58 Å². The summed E-state index contributed by atoms with van der Waals surface area (Å²) in [6.45, 7) is 8.08. The second-order valence-corrected chi connectivity index (χ2v) is 3.64. The minimum atomic E-state index is 0. The maximum Gasteiger partial charge on any atom is 2.00 e. The van der Waals surface area contributed by atoms with Crippen molar-refractivity contribution in [2.45, 2.75) is 0 Å². The van der Waals surface area contributed by atoms with Gasteiger partial charge in [0.1, 0.15) is 6.29 Å². The molecule has 0 aliphatic rings. The molecule has 0 amide bonds. The Bertz CT molecular complexity index is 525. The van der Waals surface area contributed by atoms with E-state index in [0.717, 1.165) is 6.29 Å². The molecule has 0 aliphatic carbocycles. The van der Waals surface area contributed by atoms with Crippen molar-refractivity contribution in [2.24, 2.45) is 0 Å². The average molecular weight is 321 g/mol. The first-order chi connectivity index (χ1) is 9.86. The van der Waals surface area contributed by atoms with Crippen LogP contribution in [-0.4, -0.2) is 28.7 Å². The molecule has 0 aromatic carbocycles. The van der Waals surface area contributed by atoms with Crippen LogP contribution in [0, 0.1) is 12.9 Å². The Morgan fingerprint density at radius 2 is 1.19 bits per heavy atom. The number of nitrogens with zero attached hydrogens (tertiary/aromatic N) is 6. The van der Waals surface area contributed by atoms with Gasteiger partial charge in [-0.25, -0.2) is 12.2 Å². The van der Waals surface area contributed by atoms with E-state index in [1.54, 1.807) is 37.6 Å². The fraction of sp³-hybridized carbons (Fsp3) is 0. The van der Waals surface area contributed by atoms with Crippen molar-refractivity contribution in [2.75, 3.05) is 0 Å². The van der Waals surface area contributed by atoms with Crippen molar-refractivity contribution >= 4 is 0 Å². The summed E-state index contributed by atoms with van der Waals surface area (Å²) < 4.78 is 5.68. The standard InChI is InChI=1S/C10H9N6.C4H5.Mn/c1-4-14(7-11-1)10(15-5-2-12-8-15)16-6-3-13-9-16;1-3-4-2;/h1-9H;1,3-4H,2H2;/q2*-1;+2. The van der Waals surface area contributed by atoms with Crippen molar-refractivity contribution in [1.82, 2.24) is 28.7 Å². The fourth-order valence-corrected chi connectivity index (χ4v) is 1.53. The maximum atomic E-state index is 4.78. The molecular formula is C14H14MnN6. The molecule has 3 heterocycles. The molecule has 3 aromatic heterocycles.